The van der Waals surface area contributed by atoms with Crippen molar-refractivity contribution in [1.29, 1.82) is 0 Å². The van der Waals surface area contributed by atoms with E-state index in [-0.39, 0.29) is 6.10 Å². The summed E-state index contributed by atoms with van der Waals surface area (Å²) in [6.07, 6.45) is 9.30. The van der Waals surface area contributed by atoms with Crippen LogP contribution < -0.4 is 4.90 Å². The molecule has 2 aliphatic rings. The lowest BCUT2D eigenvalue weighted by Gasteiger charge is -2.27. The van der Waals surface area contributed by atoms with Gasteiger partial charge in [-0.2, -0.15) is 4.68 Å². The molecule has 0 aromatic carbocycles. The molecule has 2 fully saturated rings. The normalized spacial score (nSPS) is 22.7. The van der Waals surface area contributed by atoms with Crippen molar-refractivity contribution in [3.05, 3.63) is 22.3 Å². The van der Waals surface area contributed by atoms with Gasteiger partial charge in [-0.15, -0.1) is 16.4 Å². The molecule has 1 N–H and O–H groups in total. The third kappa shape index (κ3) is 3.96. The molecule has 1 aliphatic carbocycles. The molecule has 0 spiro atoms. The minimum absolute atomic E-state index is 0.265. The van der Waals surface area contributed by atoms with Crippen LogP contribution in [0.25, 0.3) is 10.7 Å². The van der Waals surface area contributed by atoms with Gasteiger partial charge in [0.15, 0.2) is 12.5 Å². The second-order valence-corrected chi connectivity index (χ2v) is 8.98. The van der Waals surface area contributed by atoms with Gasteiger partial charge in [-0.25, -0.2) is 0 Å². The topological polar surface area (TPSA) is 36.4 Å². The summed E-state index contributed by atoms with van der Waals surface area (Å²) in [5.74, 6) is 0.997. The Balaban J connectivity index is 1.59. The van der Waals surface area contributed by atoms with Crippen LogP contribution in [0.4, 0.5) is 0 Å². The lowest BCUT2D eigenvalue weighted by molar-refractivity contribution is -0.930. The average Bonchev–Trinajstić information content (AvgIpc) is 3.41. The molecule has 142 valence electrons. The Morgan fingerprint density at radius 3 is 2.81 bits per heavy atom. The van der Waals surface area contributed by atoms with E-state index in [0.29, 0.717) is 0 Å². The zero-order chi connectivity index (χ0) is 17.9. The third-order valence-corrected chi connectivity index (χ3v) is 7.07. The van der Waals surface area contributed by atoms with E-state index < -0.39 is 0 Å². The van der Waals surface area contributed by atoms with Gasteiger partial charge in [0.05, 0.1) is 30.6 Å². The molecule has 26 heavy (non-hydrogen) atoms. The Morgan fingerprint density at radius 1 is 1.27 bits per heavy atom. The zero-order valence-electron chi connectivity index (χ0n) is 15.5. The van der Waals surface area contributed by atoms with Crippen molar-refractivity contribution in [3.8, 4) is 10.7 Å². The van der Waals surface area contributed by atoms with E-state index in [4.69, 9.17) is 22.1 Å². The van der Waals surface area contributed by atoms with Gasteiger partial charge >= 0.3 is 0 Å². The minimum Gasteiger partial charge on any atom is -0.376 e. The summed E-state index contributed by atoms with van der Waals surface area (Å²) in [4.78, 5) is 2.71. The van der Waals surface area contributed by atoms with E-state index in [1.807, 2.05) is 4.68 Å². The third-order valence-electron chi connectivity index (χ3n) is 5.78. The molecule has 2 aromatic rings. The monoisotopic (exact) mass is 393 g/mol. The number of hydrogen-bond donors (Lipinski definition) is 1. The summed E-state index contributed by atoms with van der Waals surface area (Å²) in [6.45, 7) is 2.53. The molecule has 1 saturated carbocycles. The van der Waals surface area contributed by atoms with Crippen molar-refractivity contribution in [1.82, 2.24) is 14.3 Å². The number of hydrogen-bond acceptors (Lipinski definition) is 4. The summed E-state index contributed by atoms with van der Waals surface area (Å²) in [5, 5.41) is 7.04. The fourth-order valence-corrected chi connectivity index (χ4v) is 5.23. The quantitative estimate of drug-likeness (QED) is 0.766. The van der Waals surface area contributed by atoms with Crippen LogP contribution in [0.1, 0.15) is 44.9 Å². The Hall–Kier alpha value is -1.02. The molecule has 0 bridgehead atoms. The van der Waals surface area contributed by atoms with Crippen LogP contribution in [-0.2, 0) is 18.0 Å². The number of aromatic nitrogens is 3. The van der Waals surface area contributed by atoms with Gasteiger partial charge < -0.3 is 9.64 Å². The van der Waals surface area contributed by atoms with Gasteiger partial charge in [0, 0.05) is 6.61 Å². The van der Waals surface area contributed by atoms with Gasteiger partial charge in [0.25, 0.3) is 0 Å². The number of ether oxygens (including phenoxy) is 1. The molecule has 1 aliphatic heterocycles. The standard InChI is InChI=1S/C19H28N4OS2/c1-21(15-7-3-2-4-8-15)14-23-19(25)22(13-16-9-5-11-24-16)18(20-23)17-10-6-12-26-17/h6,10,12,15-16H,2-5,7-9,11,13-14H2,1H3/p+1/t16-/m1/s1. The first-order valence-corrected chi connectivity index (χ1v) is 11.2. The highest BCUT2D eigenvalue weighted by atomic mass is 32.1. The summed E-state index contributed by atoms with van der Waals surface area (Å²) >= 11 is 7.57. The predicted octanol–water partition coefficient (Wildman–Crippen LogP) is 3.13. The fraction of sp³-hybridized carbons (Fsp3) is 0.684. The first-order chi connectivity index (χ1) is 12.7. The van der Waals surface area contributed by atoms with Crippen molar-refractivity contribution in [2.45, 2.75) is 70.3 Å². The maximum absolute atomic E-state index is 5.86. The Labute approximate surface area is 164 Å². The van der Waals surface area contributed by atoms with E-state index in [9.17, 15) is 0 Å². The van der Waals surface area contributed by atoms with Crippen molar-refractivity contribution in [2.75, 3.05) is 13.7 Å². The molecule has 0 amide bonds. The lowest BCUT2D eigenvalue weighted by Crippen LogP contribution is -3.12. The van der Waals surface area contributed by atoms with Crippen LogP contribution in [0.2, 0.25) is 0 Å². The Morgan fingerprint density at radius 2 is 2.12 bits per heavy atom. The molecule has 1 saturated heterocycles. The first kappa shape index (κ1) is 18.3. The molecule has 2 atom stereocenters. The highest BCUT2D eigenvalue weighted by molar-refractivity contribution is 7.71. The largest absolute Gasteiger partial charge is 0.376 e. The number of rotatable bonds is 6. The molecule has 4 rings (SSSR count). The summed E-state index contributed by atoms with van der Waals surface area (Å²) in [7, 11) is 2.29. The van der Waals surface area contributed by atoms with Gasteiger partial charge in [-0.1, -0.05) is 12.5 Å². The number of thiophene rings is 1. The van der Waals surface area contributed by atoms with Crippen molar-refractivity contribution < 1.29 is 9.64 Å². The van der Waals surface area contributed by atoms with Crippen LogP contribution >= 0.6 is 23.6 Å². The van der Waals surface area contributed by atoms with Crippen LogP contribution in [0.3, 0.4) is 0 Å². The van der Waals surface area contributed by atoms with Crippen LogP contribution in [0.5, 0.6) is 0 Å². The Kier molecular flexibility index (Phi) is 5.88. The summed E-state index contributed by atoms with van der Waals surface area (Å²) < 4.78 is 10.9. The first-order valence-electron chi connectivity index (χ1n) is 9.88. The lowest BCUT2D eigenvalue weighted by atomic mass is 9.95. The molecule has 5 nitrogen and oxygen atoms in total. The van der Waals surface area contributed by atoms with E-state index >= 15 is 0 Å². The van der Waals surface area contributed by atoms with Gasteiger partial charge in [0.1, 0.15) is 0 Å². The minimum atomic E-state index is 0.265. The highest BCUT2D eigenvalue weighted by Crippen LogP contribution is 2.25. The van der Waals surface area contributed by atoms with Gasteiger partial charge in [0.2, 0.25) is 4.77 Å². The number of nitrogens with one attached hydrogen (secondary N) is 1. The molecule has 3 heterocycles. The second-order valence-electron chi connectivity index (χ2n) is 7.67. The van der Waals surface area contributed by atoms with Gasteiger partial charge in [-0.3, -0.25) is 4.57 Å². The smallest absolute Gasteiger partial charge is 0.203 e. The van der Waals surface area contributed by atoms with E-state index in [2.05, 4.69) is 29.1 Å². The SMILES string of the molecule is C[NH+](Cn1nc(-c2cccs2)n(C[C@H]2CCCO2)c1=S)C1CCCCC1. The molecule has 0 radical (unpaired) electrons. The van der Waals surface area contributed by atoms with Gasteiger partial charge in [-0.05, 0) is 62.2 Å². The predicted molar refractivity (Wildman–Crippen MR) is 107 cm³/mol. The molecule has 7 heteroatoms. The summed E-state index contributed by atoms with van der Waals surface area (Å²) in [6, 6.07) is 4.95. The van der Waals surface area contributed by atoms with E-state index in [1.54, 1.807) is 11.3 Å². The molecule has 2 aromatic heterocycles. The Bertz CT molecular complexity index is 755. The molecular formula is C19H29N4OS2+. The van der Waals surface area contributed by atoms with Crippen LogP contribution in [0.15, 0.2) is 17.5 Å². The van der Waals surface area contributed by atoms with E-state index in [1.165, 1.54) is 41.9 Å². The van der Waals surface area contributed by atoms with Crippen molar-refractivity contribution in [3.63, 3.8) is 0 Å². The fourth-order valence-electron chi connectivity index (χ4n) is 4.25. The average molecular weight is 394 g/mol. The van der Waals surface area contributed by atoms with Crippen molar-refractivity contribution >= 4 is 23.6 Å². The molecular weight excluding hydrogens is 364 g/mol. The van der Waals surface area contributed by atoms with Crippen LogP contribution in [0, 0.1) is 4.77 Å². The maximum Gasteiger partial charge on any atom is 0.203 e. The maximum atomic E-state index is 5.86. The zero-order valence-corrected chi connectivity index (χ0v) is 17.2. The summed E-state index contributed by atoms with van der Waals surface area (Å²) in [5.41, 5.74) is 0. The van der Waals surface area contributed by atoms with Crippen molar-refractivity contribution in [2.24, 2.45) is 0 Å². The highest BCUT2D eigenvalue weighted by Gasteiger charge is 2.25. The molecule has 1 unspecified atom stereocenters. The second kappa shape index (κ2) is 8.33. The van der Waals surface area contributed by atoms with E-state index in [0.717, 1.165) is 49.3 Å². The number of quaternary nitrogens is 1. The number of nitrogens with zero attached hydrogens (tertiary/aromatic N) is 3. The van der Waals surface area contributed by atoms with Crippen LogP contribution in [-0.4, -0.2) is 40.1 Å².